The molecule has 0 heterocycles. The molecule has 2 unspecified atom stereocenters. The van der Waals surface area contributed by atoms with E-state index in [0.717, 1.165) is 5.02 Å². The minimum atomic E-state index is 0.359. The van der Waals surface area contributed by atoms with E-state index in [1.807, 2.05) is 12.1 Å². The summed E-state index contributed by atoms with van der Waals surface area (Å²) in [6.45, 7) is 2.25. The zero-order valence-electron chi connectivity index (χ0n) is 11.8. The molecule has 19 heavy (non-hydrogen) atoms. The summed E-state index contributed by atoms with van der Waals surface area (Å²) in [5.41, 5.74) is 1.86. The van der Waals surface area contributed by atoms with Gasteiger partial charge in [-0.3, -0.25) is 0 Å². The third-order valence-electron chi connectivity index (χ3n) is 5.34. The van der Waals surface area contributed by atoms with E-state index in [1.165, 1.54) is 50.5 Å². The summed E-state index contributed by atoms with van der Waals surface area (Å²) in [4.78, 5) is 0. The predicted molar refractivity (Wildman–Crippen MR) is 81.5 cm³/mol. The van der Waals surface area contributed by atoms with Crippen molar-refractivity contribution in [2.24, 2.45) is 5.41 Å². The number of nitrogens with one attached hydrogen (secondary N) is 1. The smallest absolute Gasteiger partial charge is 0.0453 e. The molecular formula is C17H24ClN. The molecule has 1 aromatic rings. The number of benzene rings is 1. The molecule has 3 rings (SSSR count). The zero-order chi connectivity index (χ0) is 13.3. The van der Waals surface area contributed by atoms with Crippen molar-refractivity contribution in [1.82, 2.24) is 5.32 Å². The van der Waals surface area contributed by atoms with Gasteiger partial charge in [-0.05, 0) is 49.7 Å². The highest BCUT2D eigenvalue weighted by Gasteiger charge is 2.46. The molecule has 0 amide bonds. The average Bonchev–Trinajstić information content (AvgIpc) is 2.45. The fraction of sp³-hybridized carbons (Fsp3) is 0.647. The lowest BCUT2D eigenvalue weighted by atomic mass is 9.57. The summed E-state index contributed by atoms with van der Waals surface area (Å²) in [6.07, 6.45) is 9.93. The first-order valence-corrected chi connectivity index (χ1v) is 8.10. The van der Waals surface area contributed by atoms with Crippen molar-refractivity contribution in [2.45, 2.75) is 64.0 Å². The molecule has 0 bridgehead atoms. The fourth-order valence-electron chi connectivity index (χ4n) is 4.03. The van der Waals surface area contributed by atoms with Crippen molar-refractivity contribution >= 4 is 11.6 Å². The van der Waals surface area contributed by atoms with Gasteiger partial charge in [0.05, 0.1) is 0 Å². The van der Waals surface area contributed by atoms with E-state index in [4.69, 9.17) is 11.6 Å². The van der Waals surface area contributed by atoms with E-state index in [-0.39, 0.29) is 0 Å². The van der Waals surface area contributed by atoms with Gasteiger partial charge in [0.15, 0.2) is 0 Å². The first kappa shape index (κ1) is 13.5. The van der Waals surface area contributed by atoms with Crippen LogP contribution in [0.1, 0.15) is 63.5 Å². The van der Waals surface area contributed by atoms with E-state index >= 15 is 0 Å². The monoisotopic (exact) mass is 277 g/mol. The van der Waals surface area contributed by atoms with Crippen LogP contribution in [0.25, 0.3) is 0 Å². The SMILES string of the molecule is CC(NC1CCC12CCCCC2)c1ccccc1Cl. The molecule has 2 aliphatic carbocycles. The molecule has 1 aromatic carbocycles. The molecular weight excluding hydrogens is 254 g/mol. The molecule has 2 atom stereocenters. The maximum Gasteiger partial charge on any atom is 0.0453 e. The van der Waals surface area contributed by atoms with Gasteiger partial charge in [-0.15, -0.1) is 0 Å². The number of hydrogen-bond donors (Lipinski definition) is 1. The highest BCUT2D eigenvalue weighted by Crippen LogP contribution is 2.52. The molecule has 104 valence electrons. The maximum atomic E-state index is 6.30. The van der Waals surface area contributed by atoms with Crippen LogP contribution >= 0.6 is 11.6 Å². The highest BCUT2D eigenvalue weighted by molar-refractivity contribution is 6.31. The molecule has 2 aliphatic rings. The number of rotatable bonds is 3. The van der Waals surface area contributed by atoms with Crippen molar-refractivity contribution in [3.05, 3.63) is 34.9 Å². The Hall–Kier alpha value is -0.530. The molecule has 2 saturated carbocycles. The second-order valence-corrected chi connectivity index (χ2v) is 6.83. The van der Waals surface area contributed by atoms with Crippen molar-refractivity contribution in [3.63, 3.8) is 0 Å². The summed E-state index contributed by atoms with van der Waals surface area (Å²) < 4.78 is 0. The molecule has 1 spiro atoms. The normalized spacial score (nSPS) is 26.9. The van der Waals surface area contributed by atoms with Gasteiger partial charge >= 0.3 is 0 Å². The summed E-state index contributed by atoms with van der Waals surface area (Å²) in [7, 11) is 0. The minimum Gasteiger partial charge on any atom is -0.307 e. The first-order valence-electron chi connectivity index (χ1n) is 7.72. The third-order valence-corrected chi connectivity index (χ3v) is 5.69. The van der Waals surface area contributed by atoms with E-state index < -0.39 is 0 Å². The summed E-state index contributed by atoms with van der Waals surface area (Å²) in [5, 5.41) is 4.74. The third kappa shape index (κ3) is 2.55. The van der Waals surface area contributed by atoms with Crippen LogP contribution in [0.3, 0.4) is 0 Å². The Kier molecular flexibility index (Phi) is 3.86. The predicted octanol–water partition coefficient (Wildman–Crippen LogP) is 5.10. The Morgan fingerprint density at radius 3 is 2.53 bits per heavy atom. The van der Waals surface area contributed by atoms with Crippen LogP contribution in [0.15, 0.2) is 24.3 Å². The second-order valence-electron chi connectivity index (χ2n) is 6.42. The van der Waals surface area contributed by atoms with E-state index in [9.17, 15) is 0 Å². The molecule has 0 saturated heterocycles. The second kappa shape index (κ2) is 5.46. The van der Waals surface area contributed by atoms with Crippen molar-refractivity contribution < 1.29 is 0 Å². The van der Waals surface area contributed by atoms with Crippen molar-refractivity contribution in [1.29, 1.82) is 0 Å². The Bertz CT molecular complexity index is 437. The standard InChI is InChI=1S/C17H24ClN/c1-13(14-7-3-4-8-15(14)18)19-16-9-12-17(16)10-5-2-6-11-17/h3-4,7-8,13,16,19H,2,5-6,9-12H2,1H3. The molecule has 0 radical (unpaired) electrons. The quantitative estimate of drug-likeness (QED) is 0.810. The van der Waals surface area contributed by atoms with Crippen molar-refractivity contribution in [2.75, 3.05) is 0 Å². The molecule has 2 heteroatoms. The van der Waals surface area contributed by atoms with Gasteiger partial charge < -0.3 is 5.32 Å². The topological polar surface area (TPSA) is 12.0 Å². The lowest BCUT2D eigenvalue weighted by Gasteiger charge is -2.53. The summed E-state index contributed by atoms with van der Waals surface area (Å²) in [5.74, 6) is 0. The Labute approximate surface area is 121 Å². The van der Waals surface area contributed by atoms with Crippen LogP contribution in [-0.4, -0.2) is 6.04 Å². The molecule has 0 aromatic heterocycles. The van der Waals surface area contributed by atoms with Crippen molar-refractivity contribution in [3.8, 4) is 0 Å². The van der Waals surface area contributed by atoms with Gasteiger partial charge in [0, 0.05) is 17.1 Å². The highest BCUT2D eigenvalue weighted by atomic mass is 35.5. The van der Waals surface area contributed by atoms with Gasteiger partial charge in [0.2, 0.25) is 0 Å². The van der Waals surface area contributed by atoms with Gasteiger partial charge in [-0.2, -0.15) is 0 Å². The van der Waals surface area contributed by atoms with Crippen LogP contribution < -0.4 is 5.32 Å². The van der Waals surface area contributed by atoms with Gasteiger partial charge in [-0.1, -0.05) is 49.1 Å². The average molecular weight is 278 g/mol. The molecule has 2 fully saturated rings. The van der Waals surface area contributed by atoms with E-state index in [1.54, 1.807) is 0 Å². The zero-order valence-corrected chi connectivity index (χ0v) is 12.5. The van der Waals surface area contributed by atoms with Crippen LogP contribution in [0.2, 0.25) is 5.02 Å². The first-order chi connectivity index (χ1) is 9.21. The van der Waals surface area contributed by atoms with Gasteiger partial charge in [0.1, 0.15) is 0 Å². The van der Waals surface area contributed by atoms with Crippen LogP contribution in [0.4, 0.5) is 0 Å². The Morgan fingerprint density at radius 2 is 1.89 bits per heavy atom. The van der Waals surface area contributed by atoms with E-state index in [0.29, 0.717) is 17.5 Å². The Balaban J connectivity index is 1.67. The van der Waals surface area contributed by atoms with Crippen LogP contribution in [-0.2, 0) is 0 Å². The lowest BCUT2D eigenvalue weighted by molar-refractivity contribution is 0.0174. The maximum absolute atomic E-state index is 6.30. The Morgan fingerprint density at radius 1 is 1.16 bits per heavy atom. The van der Waals surface area contributed by atoms with E-state index in [2.05, 4.69) is 24.4 Å². The molecule has 1 nitrogen and oxygen atoms in total. The van der Waals surface area contributed by atoms with Crippen LogP contribution in [0.5, 0.6) is 0 Å². The largest absolute Gasteiger partial charge is 0.307 e. The summed E-state index contributed by atoms with van der Waals surface area (Å²) >= 11 is 6.30. The fourth-order valence-corrected chi connectivity index (χ4v) is 4.33. The van der Waals surface area contributed by atoms with Gasteiger partial charge in [-0.25, -0.2) is 0 Å². The molecule has 0 aliphatic heterocycles. The minimum absolute atomic E-state index is 0.359. The van der Waals surface area contributed by atoms with Crippen LogP contribution in [0, 0.1) is 5.41 Å². The number of halogens is 1. The number of hydrogen-bond acceptors (Lipinski definition) is 1. The molecule has 1 N–H and O–H groups in total. The lowest BCUT2D eigenvalue weighted by Crippen LogP contribution is -2.54. The summed E-state index contributed by atoms with van der Waals surface area (Å²) in [6, 6.07) is 9.29. The van der Waals surface area contributed by atoms with Gasteiger partial charge in [0.25, 0.3) is 0 Å².